The van der Waals surface area contributed by atoms with Gasteiger partial charge in [-0.3, -0.25) is 0 Å². The first-order valence-electron chi connectivity index (χ1n) is 2.20. The molecule has 0 unspecified atom stereocenters. The van der Waals surface area contributed by atoms with Gasteiger partial charge in [0.25, 0.3) is 0 Å². The van der Waals surface area contributed by atoms with E-state index >= 15 is 0 Å². The fraction of sp³-hybridized carbons (Fsp3) is 0. The van der Waals surface area contributed by atoms with Crippen LogP contribution in [-0.4, -0.2) is 18.8 Å². The molecule has 10 heavy (non-hydrogen) atoms. The van der Waals surface area contributed by atoms with Crippen molar-refractivity contribution in [2.45, 2.75) is 0 Å². The van der Waals surface area contributed by atoms with Gasteiger partial charge in [0.05, 0.1) is 0 Å². The number of hydrogen-bond acceptors (Lipinski definition) is 2. The molecule has 0 heterocycles. The van der Waals surface area contributed by atoms with Crippen molar-refractivity contribution in [3.63, 3.8) is 0 Å². The maximum absolute atomic E-state index is 5.36. The third kappa shape index (κ3) is 6.26. The molecule has 0 saturated heterocycles. The molecule has 0 spiro atoms. The van der Waals surface area contributed by atoms with Crippen molar-refractivity contribution in [2.24, 2.45) is 0 Å². The Morgan fingerprint density at radius 2 is 1.30 bits per heavy atom. The van der Waals surface area contributed by atoms with E-state index in [4.69, 9.17) is 7.85 Å². The summed E-state index contributed by atoms with van der Waals surface area (Å²) in [5.74, 6) is 0. The molecule has 48 valence electrons. The van der Waals surface area contributed by atoms with Crippen LogP contribution in [0.25, 0.3) is 0 Å². The molecule has 0 fully saturated rings. The minimum atomic E-state index is 0. The Bertz CT molecular complexity index is 146. The summed E-state index contributed by atoms with van der Waals surface area (Å²) in [6, 6.07) is 9.49. The minimum absolute atomic E-state index is 0. The molecule has 0 amide bonds. The average Bonchev–Trinajstić information content (AvgIpc) is 1.69. The van der Waals surface area contributed by atoms with Gasteiger partial charge in [-0.05, 0) is 0 Å². The van der Waals surface area contributed by atoms with E-state index in [9.17, 15) is 0 Å². The molecule has 0 aliphatic heterocycles. The van der Waals surface area contributed by atoms with E-state index in [1.807, 2.05) is 30.3 Å². The summed E-state index contributed by atoms with van der Waals surface area (Å²) in [5, 5.41) is 0. The minimum Gasteiger partial charge on any atom is -0.870 e. The van der Waals surface area contributed by atoms with Gasteiger partial charge in [-0.2, -0.15) is 0 Å². The third-order valence-electron chi connectivity index (χ3n) is 0.800. The molecule has 0 atom stereocenters. The van der Waals surface area contributed by atoms with Crippen LogP contribution in [0.3, 0.4) is 0 Å². The maximum atomic E-state index is 5.36. The zero-order valence-corrected chi connectivity index (χ0v) is 11.1. The van der Waals surface area contributed by atoms with Crippen molar-refractivity contribution in [2.75, 3.05) is 0 Å². The van der Waals surface area contributed by atoms with Gasteiger partial charge >= 0.3 is 27.7 Å². The molecule has 2 radical (unpaired) electrons. The van der Waals surface area contributed by atoms with Crippen molar-refractivity contribution < 1.29 is 38.6 Å². The van der Waals surface area contributed by atoms with Crippen LogP contribution in [0.5, 0.6) is 0 Å². The van der Waals surface area contributed by atoms with Crippen LogP contribution < -0.4 is 5.46 Å². The molecule has 1 aromatic rings. The third-order valence-corrected chi connectivity index (χ3v) is 0.800. The molecule has 2 nitrogen and oxygen atoms in total. The Morgan fingerprint density at radius 3 is 1.50 bits per heavy atom. The number of benzene rings is 1. The van der Waals surface area contributed by atoms with Crippen LogP contribution in [0, 0.1) is 0 Å². The molecule has 0 aliphatic carbocycles. The fourth-order valence-electron chi connectivity index (χ4n) is 0.453. The van der Waals surface area contributed by atoms with Gasteiger partial charge in [0.2, 0.25) is 0 Å². The summed E-state index contributed by atoms with van der Waals surface area (Å²) in [5.41, 5.74) is 0.822. The van der Waals surface area contributed by atoms with Crippen molar-refractivity contribution in [3.8, 4) is 0 Å². The van der Waals surface area contributed by atoms with Gasteiger partial charge in [-0.25, -0.2) is 0 Å². The van der Waals surface area contributed by atoms with Crippen LogP contribution in [-0.2, 0) is 27.7 Å². The Labute approximate surface area is 82.2 Å². The van der Waals surface area contributed by atoms with Gasteiger partial charge < -0.3 is 11.0 Å². The van der Waals surface area contributed by atoms with E-state index in [2.05, 4.69) is 0 Å². The van der Waals surface area contributed by atoms with E-state index in [-0.39, 0.29) is 38.6 Å². The Kier molecular flexibility index (Phi) is 15.2. The van der Waals surface area contributed by atoms with Gasteiger partial charge in [0.1, 0.15) is 7.85 Å². The summed E-state index contributed by atoms with van der Waals surface area (Å²) in [6.07, 6.45) is 0. The second kappa shape index (κ2) is 9.14. The van der Waals surface area contributed by atoms with E-state index in [0.29, 0.717) is 0 Å². The van der Waals surface area contributed by atoms with Crippen molar-refractivity contribution in [3.05, 3.63) is 30.3 Å². The predicted octanol–water partition coefficient (Wildman–Crippen LogP) is 0.124. The van der Waals surface area contributed by atoms with Crippen LogP contribution in [0.4, 0.5) is 0 Å². The smallest absolute Gasteiger partial charge is 0.870 e. The molecule has 1 rings (SSSR count). The molecule has 0 aromatic heterocycles. The first-order chi connectivity index (χ1) is 3.39. The zero-order valence-electron chi connectivity index (χ0n) is 5.57. The maximum Gasteiger partial charge on any atom is 2.00 e. The van der Waals surface area contributed by atoms with Crippen molar-refractivity contribution in [1.82, 2.24) is 0 Å². The van der Waals surface area contributed by atoms with Crippen molar-refractivity contribution >= 4 is 13.3 Å². The second-order valence-corrected chi connectivity index (χ2v) is 1.41. The molecule has 0 aliphatic rings. The van der Waals surface area contributed by atoms with E-state index < -0.39 is 0 Å². The second-order valence-electron chi connectivity index (χ2n) is 1.41. The Balaban J connectivity index is -0.000000163. The first kappa shape index (κ1) is 16.6. The van der Waals surface area contributed by atoms with Crippen LogP contribution >= 0.6 is 0 Å². The molecule has 1 aromatic carbocycles. The Morgan fingerprint density at radius 1 is 0.900 bits per heavy atom. The van der Waals surface area contributed by atoms with Gasteiger partial charge in [0.15, 0.2) is 0 Å². The quantitative estimate of drug-likeness (QED) is 0.637. The fourth-order valence-corrected chi connectivity index (χ4v) is 0.453. The predicted molar refractivity (Wildman–Crippen MR) is 35.7 cm³/mol. The zero-order chi connectivity index (χ0) is 5.11. The molecular weight excluding hydrogens is 315 g/mol. The summed E-state index contributed by atoms with van der Waals surface area (Å²) in [6.45, 7) is 0. The SMILES string of the molecule is [B]c1ccccc1.[Hg+2].[OH-].[OH-]. The summed E-state index contributed by atoms with van der Waals surface area (Å²) >= 11 is 0. The van der Waals surface area contributed by atoms with E-state index in [1.54, 1.807) is 0 Å². The monoisotopic (exact) mass is 324 g/mol. The number of rotatable bonds is 0. The van der Waals surface area contributed by atoms with Crippen LogP contribution in [0.15, 0.2) is 30.3 Å². The summed E-state index contributed by atoms with van der Waals surface area (Å²) in [7, 11) is 5.36. The average molecular weight is 323 g/mol. The van der Waals surface area contributed by atoms with E-state index in [1.165, 1.54) is 0 Å². The molecule has 0 bridgehead atoms. The van der Waals surface area contributed by atoms with Gasteiger partial charge in [-0.15, -0.1) is 0 Å². The summed E-state index contributed by atoms with van der Waals surface area (Å²) in [4.78, 5) is 0. The Hall–Kier alpha value is 0.140. The largest absolute Gasteiger partial charge is 2.00 e. The normalized spacial score (nSPS) is 6.00. The molecule has 2 N–H and O–H groups in total. The summed E-state index contributed by atoms with van der Waals surface area (Å²) < 4.78 is 0. The van der Waals surface area contributed by atoms with E-state index in [0.717, 1.165) is 5.46 Å². The van der Waals surface area contributed by atoms with Gasteiger partial charge in [0, 0.05) is 0 Å². The molecule has 0 saturated carbocycles. The van der Waals surface area contributed by atoms with Gasteiger partial charge in [-0.1, -0.05) is 35.8 Å². The first-order valence-corrected chi connectivity index (χ1v) is 2.20. The van der Waals surface area contributed by atoms with Crippen LogP contribution in [0.2, 0.25) is 0 Å². The van der Waals surface area contributed by atoms with Crippen LogP contribution in [0.1, 0.15) is 0 Å². The standard InChI is InChI=1S/C6H5B.Hg.2H2O/c7-6-4-2-1-3-5-6;;;/h1-5H;;2*1H2/q;+2;;/p-2. The number of hydrogen-bond donors (Lipinski definition) is 0. The molecule has 4 heteroatoms. The topological polar surface area (TPSA) is 60.0 Å². The molecular formula is C6H7BHgO2. The van der Waals surface area contributed by atoms with Crippen molar-refractivity contribution in [1.29, 1.82) is 0 Å².